The van der Waals surface area contributed by atoms with Crippen LogP contribution in [0.4, 0.5) is 0 Å². The molecule has 150 valence electrons. The zero-order valence-corrected chi connectivity index (χ0v) is 17.3. The van der Waals surface area contributed by atoms with Crippen molar-refractivity contribution in [2.75, 3.05) is 32.8 Å². The summed E-state index contributed by atoms with van der Waals surface area (Å²) in [6.07, 6.45) is 9.92. The summed E-state index contributed by atoms with van der Waals surface area (Å²) in [7, 11) is 0. The Kier molecular flexibility index (Phi) is 7.83. The first-order valence-electron chi connectivity index (χ1n) is 10.5. The molecule has 0 unspecified atom stereocenters. The third-order valence-electron chi connectivity index (χ3n) is 5.92. The van der Waals surface area contributed by atoms with Crippen molar-refractivity contribution < 1.29 is 9.53 Å². The number of carbonyl (C=O) groups excluding carboxylic acids is 1. The Morgan fingerprint density at radius 2 is 1.85 bits per heavy atom. The minimum atomic E-state index is 0.112. The van der Waals surface area contributed by atoms with Gasteiger partial charge in [0.05, 0.1) is 0 Å². The van der Waals surface area contributed by atoms with Gasteiger partial charge in [0.15, 0.2) is 6.61 Å². The quantitative estimate of drug-likeness (QED) is 0.704. The normalized spacial score (nSPS) is 21.7. The third kappa shape index (κ3) is 6.11. The van der Waals surface area contributed by atoms with Gasteiger partial charge < -0.3 is 14.5 Å². The lowest BCUT2D eigenvalue weighted by Gasteiger charge is -2.37. The fourth-order valence-electron chi connectivity index (χ4n) is 4.26. The molecule has 2 saturated heterocycles. The van der Waals surface area contributed by atoms with Gasteiger partial charge in [-0.3, -0.25) is 4.79 Å². The van der Waals surface area contributed by atoms with Crippen molar-refractivity contribution in [1.29, 1.82) is 0 Å². The fourth-order valence-corrected chi connectivity index (χ4v) is 4.37. The summed E-state index contributed by atoms with van der Waals surface area (Å²) in [4.78, 5) is 17.5. The first-order valence-corrected chi connectivity index (χ1v) is 10.9. The van der Waals surface area contributed by atoms with Crippen molar-refractivity contribution in [2.24, 2.45) is 0 Å². The minimum Gasteiger partial charge on any atom is -0.484 e. The maximum Gasteiger partial charge on any atom is 0.260 e. The highest BCUT2D eigenvalue weighted by Gasteiger charge is 2.27. The number of ether oxygens (including phenoxy) is 1. The van der Waals surface area contributed by atoms with E-state index in [1.807, 2.05) is 25.1 Å². The van der Waals surface area contributed by atoms with E-state index in [0.29, 0.717) is 11.8 Å². The standard InChI is InChI=1S/C22H33ClN2O2/c1-18-16-20(9-10-21(18)23)27-17-22(26)25-14-7-4-8-19(25)11-15-24-12-5-2-3-6-13-24/h9-10,16,19H,2-8,11-15,17H2,1H3/t19-/m0/s1. The van der Waals surface area contributed by atoms with E-state index in [4.69, 9.17) is 16.3 Å². The first-order chi connectivity index (χ1) is 13.1. The number of likely N-dealkylation sites (tertiary alicyclic amines) is 2. The van der Waals surface area contributed by atoms with Crippen LogP contribution >= 0.6 is 11.6 Å². The molecule has 0 N–H and O–H groups in total. The number of nitrogens with zero attached hydrogens (tertiary/aromatic N) is 2. The van der Waals surface area contributed by atoms with E-state index in [9.17, 15) is 4.79 Å². The lowest BCUT2D eigenvalue weighted by molar-refractivity contribution is -0.137. The molecule has 0 saturated carbocycles. The smallest absolute Gasteiger partial charge is 0.260 e. The molecule has 1 atom stereocenters. The molecule has 0 radical (unpaired) electrons. The molecule has 0 aliphatic carbocycles. The lowest BCUT2D eigenvalue weighted by Crippen LogP contribution is -2.47. The molecule has 3 rings (SSSR count). The summed E-state index contributed by atoms with van der Waals surface area (Å²) < 4.78 is 5.76. The monoisotopic (exact) mass is 392 g/mol. The van der Waals surface area contributed by atoms with E-state index in [-0.39, 0.29) is 12.5 Å². The van der Waals surface area contributed by atoms with Gasteiger partial charge in [-0.1, -0.05) is 24.4 Å². The van der Waals surface area contributed by atoms with Gasteiger partial charge in [0.1, 0.15) is 5.75 Å². The van der Waals surface area contributed by atoms with Crippen LogP contribution in [0.25, 0.3) is 0 Å². The van der Waals surface area contributed by atoms with Gasteiger partial charge in [0, 0.05) is 24.2 Å². The van der Waals surface area contributed by atoms with E-state index < -0.39 is 0 Å². The Morgan fingerprint density at radius 1 is 1.11 bits per heavy atom. The molecule has 0 bridgehead atoms. The highest BCUT2D eigenvalue weighted by molar-refractivity contribution is 6.31. The number of aryl methyl sites for hydroxylation is 1. The topological polar surface area (TPSA) is 32.8 Å². The molecule has 2 fully saturated rings. The zero-order chi connectivity index (χ0) is 19.1. The number of amides is 1. The maximum atomic E-state index is 12.8. The van der Waals surface area contributed by atoms with E-state index in [2.05, 4.69) is 9.80 Å². The van der Waals surface area contributed by atoms with Crippen LogP contribution in [0.5, 0.6) is 5.75 Å². The van der Waals surface area contributed by atoms with Crippen LogP contribution in [0.15, 0.2) is 18.2 Å². The molecule has 2 aliphatic rings. The molecular formula is C22H33ClN2O2. The van der Waals surface area contributed by atoms with E-state index in [0.717, 1.165) is 42.9 Å². The highest BCUT2D eigenvalue weighted by Crippen LogP contribution is 2.23. The van der Waals surface area contributed by atoms with Crippen molar-refractivity contribution in [3.05, 3.63) is 28.8 Å². The molecule has 0 aromatic heterocycles. The van der Waals surface area contributed by atoms with Gasteiger partial charge in [0.25, 0.3) is 5.91 Å². The molecule has 4 nitrogen and oxygen atoms in total. The summed E-state index contributed by atoms with van der Waals surface area (Å²) in [5.41, 5.74) is 0.968. The highest BCUT2D eigenvalue weighted by atomic mass is 35.5. The van der Waals surface area contributed by atoms with Gasteiger partial charge in [-0.25, -0.2) is 0 Å². The Morgan fingerprint density at radius 3 is 2.59 bits per heavy atom. The minimum absolute atomic E-state index is 0.112. The van der Waals surface area contributed by atoms with Gasteiger partial charge in [-0.15, -0.1) is 0 Å². The van der Waals surface area contributed by atoms with Crippen molar-refractivity contribution in [3.8, 4) is 5.75 Å². The summed E-state index contributed by atoms with van der Waals surface area (Å²) >= 11 is 6.06. The Balaban J connectivity index is 1.50. The molecule has 5 heteroatoms. The van der Waals surface area contributed by atoms with E-state index in [1.165, 1.54) is 45.2 Å². The largest absolute Gasteiger partial charge is 0.484 e. The maximum absolute atomic E-state index is 12.8. The molecule has 27 heavy (non-hydrogen) atoms. The van der Waals surface area contributed by atoms with E-state index in [1.54, 1.807) is 0 Å². The summed E-state index contributed by atoms with van der Waals surface area (Å²) in [5, 5.41) is 0.721. The van der Waals surface area contributed by atoms with Crippen molar-refractivity contribution in [2.45, 2.75) is 64.3 Å². The zero-order valence-electron chi connectivity index (χ0n) is 16.6. The van der Waals surface area contributed by atoms with Gasteiger partial charge in [-0.2, -0.15) is 0 Å². The van der Waals surface area contributed by atoms with Crippen molar-refractivity contribution >= 4 is 17.5 Å². The predicted octanol–water partition coefficient (Wildman–Crippen LogP) is 4.67. The fraction of sp³-hybridized carbons (Fsp3) is 0.682. The number of hydrogen-bond acceptors (Lipinski definition) is 3. The van der Waals surface area contributed by atoms with Crippen LogP contribution in [0.2, 0.25) is 5.02 Å². The van der Waals surface area contributed by atoms with Crippen LogP contribution in [0.3, 0.4) is 0 Å². The molecule has 1 aromatic carbocycles. The number of halogens is 1. The molecule has 1 aromatic rings. The van der Waals surface area contributed by atoms with Gasteiger partial charge >= 0.3 is 0 Å². The summed E-state index contributed by atoms with van der Waals surface area (Å²) in [5.74, 6) is 0.826. The number of carbonyl (C=O) groups is 1. The molecular weight excluding hydrogens is 360 g/mol. The molecule has 2 heterocycles. The SMILES string of the molecule is Cc1cc(OCC(=O)N2CCCC[C@H]2CCN2CCCCCC2)ccc1Cl. The van der Waals surface area contributed by atoms with Crippen LogP contribution in [0, 0.1) is 6.92 Å². The number of benzene rings is 1. The second-order valence-electron chi connectivity index (χ2n) is 7.98. The summed E-state index contributed by atoms with van der Waals surface area (Å²) in [6, 6.07) is 5.91. The van der Waals surface area contributed by atoms with Crippen LogP contribution in [-0.4, -0.2) is 54.5 Å². The lowest BCUT2D eigenvalue weighted by atomic mass is 9.99. The molecule has 1 amide bonds. The van der Waals surface area contributed by atoms with Crippen LogP contribution in [-0.2, 0) is 4.79 Å². The third-order valence-corrected chi connectivity index (χ3v) is 6.34. The van der Waals surface area contributed by atoms with Crippen LogP contribution < -0.4 is 4.74 Å². The second-order valence-corrected chi connectivity index (χ2v) is 8.39. The number of rotatable bonds is 6. The van der Waals surface area contributed by atoms with Crippen molar-refractivity contribution in [3.63, 3.8) is 0 Å². The Hall–Kier alpha value is -1.26. The van der Waals surface area contributed by atoms with Crippen molar-refractivity contribution in [1.82, 2.24) is 9.80 Å². The summed E-state index contributed by atoms with van der Waals surface area (Å²) in [6.45, 7) is 6.49. The average Bonchev–Trinajstić information content (AvgIpc) is 2.96. The van der Waals surface area contributed by atoms with Crippen LogP contribution in [0.1, 0.15) is 56.9 Å². The average molecular weight is 393 g/mol. The Labute approximate surface area is 168 Å². The first kappa shape index (κ1) is 20.5. The molecule has 2 aliphatic heterocycles. The number of piperidine rings is 1. The second kappa shape index (κ2) is 10.3. The predicted molar refractivity (Wildman–Crippen MR) is 111 cm³/mol. The number of hydrogen-bond donors (Lipinski definition) is 0. The van der Waals surface area contributed by atoms with Gasteiger partial charge in [-0.05, 0) is 82.3 Å². The molecule has 0 spiro atoms. The Bertz CT molecular complexity index is 614. The van der Waals surface area contributed by atoms with Gasteiger partial charge in [0.2, 0.25) is 0 Å². The van der Waals surface area contributed by atoms with E-state index >= 15 is 0 Å².